The highest BCUT2D eigenvalue weighted by molar-refractivity contribution is 5.85. The van der Waals surface area contributed by atoms with E-state index in [4.69, 9.17) is 19.1 Å². The molecule has 1 N–H and O–H groups in total. The van der Waals surface area contributed by atoms with Gasteiger partial charge >= 0.3 is 5.97 Å². The number of methoxy groups -OCH3 is 1. The maximum absolute atomic E-state index is 10.8. The van der Waals surface area contributed by atoms with Crippen LogP contribution in [0.3, 0.4) is 0 Å². The Balaban J connectivity index is 1.90. The fraction of sp³-hybridized carbons (Fsp3) is 0.333. The minimum atomic E-state index is -1.15. The number of benzene rings is 1. The quantitative estimate of drug-likeness (QED) is 0.911. The Labute approximate surface area is 121 Å². The number of aromatic carboxylic acids is 1. The molecule has 1 aromatic carbocycles. The lowest BCUT2D eigenvalue weighted by molar-refractivity contribution is 0.0652. The molecule has 1 aliphatic rings. The van der Waals surface area contributed by atoms with Crippen LogP contribution in [0, 0.1) is 0 Å². The Morgan fingerprint density at radius 3 is 2.71 bits per heavy atom. The minimum absolute atomic E-state index is 0.192. The second-order valence-corrected chi connectivity index (χ2v) is 4.92. The van der Waals surface area contributed by atoms with Crippen molar-refractivity contribution in [1.82, 2.24) is 5.16 Å². The lowest BCUT2D eigenvalue weighted by Gasteiger charge is -2.27. The lowest BCUT2D eigenvalue weighted by atomic mass is 9.96. The molecule has 1 saturated carbocycles. The molecule has 21 heavy (non-hydrogen) atoms. The molecule has 2 aromatic rings. The molecule has 6 heteroatoms. The highest BCUT2D eigenvalue weighted by atomic mass is 16.5. The molecule has 110 valence electrons. The molecule has 0 saturated heterocycles. The zero-order chi connectivity index (χ0) is 14.8. The van der Waals surface area contributed by atoms with Crippen LogP contribution in [0.25, 0.3) is 11.3 Å². The van der Waals surface area contributed by atoms with Gasteiger partial charge in [-0.1, -0.05) is 5.16 Å². The Morgan fingerprint density at radius 2 is 2.14 bits per heavy atom. The molecule has 1 aliphatic carbocycles. The Morgan fingerprint density at radius 1 is 1.33 bits per heavy atom. The van der Waals surface area contributed by atoms with Crippen LogP contribution in [-0.4, -0.2) is 29.4 Å². The van der Waals surface area contributed by atoms with E-state index in [0.29, 0.717) is 17.2 Å². The summed E-state index contributed by atoms with van der Waals surface area (Å²) in [5, 5.41) is 12.6. The van der Waals surface area contributed by atoms with Crippen molar-refractivity contribution in [3.8, 4) is 22.8 Å². The zero-order valence-electron chi connectivity index (χ0n) is 11.5. The summed E-state index contributed by atoms with van der Waals surface area (Å²) in [6, 6.07) is 6.74. The average Bonchev–Trinajstić information content (AvgIpc) is 2.92. The summed E-state index contributed by atoms with van der Waals surface area (Å²) in [6.45, 7) is 0. The zero-order valence-corrected chi connectivity index (χ0v) is 11.5. The van der Waals surface area contributed by atoms with Gasteiger partial charge in [0.05, 0.1) is 13.2 Å². The molecular formula is C15H15NO5. The number of nitrogens with zero attached hydrogens (tertiary/aromatic N) is 1. The van der Waals surface area contributed by atoms with Crippen molar-refractivity contribution in [2.45, 2.75) is 25.4 Å². The SMILES string of the molecule is COc1ccc(-c2cc(C(=O)O)on2)cc1OC1CCC1. The van der Waals surface area contributed by atoms with Crippen molar-refractivity contribution in [3.63, 3.8) is 0 Å². The van der Waals surface area contributed by atoms with Crippen LogP contribution >= 0.6 is 0 Å². The summed E-state index contributed by atoms with van der Waals surface area (Å²) in [4.78, 5) is 10.8. The van der Waals surface area contributed by atoms with Gasteiger partial charge < -0.3 is 19.1 Å². The molecule has 1 fully saturated rings. The van der Waals surface area contributed by atoms with Crippen LogP contribution in [0.1, 0.15) is 29.8 Å². The van der Waals surface area contributed by atoms with E-state index < -0.39 is 5.97 Å². The summed E-state index contributed by atoms with van der Waals surface area (Å²) in [6.07, 6.45) is 3.49. The van der Waals surface area contributed by atoms with Crippen LogP contribution in [0.4, 0.5) is 0 Å². The first-order valence-electron chi connectivity index (χ1n) is 6.72. The lowest BCUT2D eigenvalue weighted by Crippen LogP contribution is -2.24. The first-order valence-corrected chi connectivity index (χ1v) is 6.72. The van der Waals surface area contributed by atoms with Crippen LogP contribution < -0.4 is 9.47 Å². The van der Waals surface area contributed by atoms with Crippen molar-refractivity contribution in [1.29, 1.82) is 0 Å². The van der Waals surface area contributed by atoms with E-state index in [1.165, 1.54) is 12.5 Å². The first-order chi connectivity index (χ1) is 10.2. The topological polar surface area (TPSA) is 81.8 Å². The van der Waals surface area contributed by atoms with Crippen molar-refractivity contribution in [3.05, 3.63) is 30.0 Å². The number of carboxylic acid groups (broad SMARTS) is 1. The molecule has 0 atom stereocenters. The van der Waals surface area contributed by atoms with Gasteiger partial charge in [0.15, 0.2) is 11.5 Å². The monoisotopic (exact) mass is 289 g/mol. The molecule has 0 aliphatic heterocycles. The smallest absolute Gasteiger partial charge is 0.374 e. The number of hydrogen-bond acceptors (Lipinski definition) is 5. The summed E-state index contributed by atoms with van der Waals surface area (Å²) in [5.41, 5.74) is 1.18. The highest BCUT2D eigenvalue weighted by Gasteiger charge is 2.21. The summed E-state index contributed by atoms with van der Waals surface area (Å²) in [5.74, 6) is -0.0531. The second-order valence-electron chi connectivity index (χ2n) is 4.92. The molecule has 3 rings (SSSR count). The largest absolute Gasteiger partial charge is 0.493 e. The van der Waals surface area contributed by atoms with Crippen molar-refractivity contribution in [2.75, 3.05) is 7.11 Å². The molecule has 0 unspecified atom stereocenters. The number of carbonyl (C=O) groups is 1. The van der Waals surface area contributed by atoms with Gasteiger partial charge in [-0.25, -0.2) is 4.79 Å². The highest BCUT2D eigenvalue weighted by Crippen LogP contribution is 2.35. The molecule has 0 spiro atoms. The number of ether oxygens (including phenoxy) is 2. The van der Waals surface area contributed by atoms with Gasteiger partial charge in [0.2, 0.25) is 5.76 Å². The summed E-state index contributed by atoms with van der Waals surface area (Å²) >= 11 is 0. The van der Waals surface area contributed by atoms with Crippen molar-refractivity contribution in [2.24, 2.45) is 0 Å². The van der Waals surface area contributed by atoms with Gasteiger partial charge in [0, 0.05) is 11.6 Å². The van der Waals surface area contributed by atoms with E-state index in [1.807, 2.05) is 0 Å². The maximum Gasteiger partial charge on any atom is 0.374 e. The molecule has 0 radical (unpaired) electrons. The van der Waals surface area contributed by atoms with E-state index in [9.17, 15) is 4.79 Å². The fourth-order valence-corrected chi connectivity index (χ4v) is 2.11. The summed E-state index contributed by atoms with van der Waals surface area (Å²) in [7, 11) is 1.58. The third-order valence-corrected chi connectivity index (χ3v) is 3.53. The molecule has 0 bridgehead atoms. The fourth-order valence-electron chi connectivity index (χ4n) is 2.11. The van der Waals surface area contributed by atoms with E-state index in [-0.39, 0.29) is 11.9 Å². The average molecular weight is 289 g/mol. The van der Waals surface area contributed by atoms with Crippen LogP contribution in [-0.2, 0) is 0 Å². The van der Waals surface area contributed by atoms with E-state index in [2.05, 4.69) is 5.16 Å². The predicted molar refractivity (Wildman–Crippen MR) is 73.7 cm³/mol. The van der Waals surface area contributed by atoms with Gasteiger partial charge in [0.25, 0.3) is 0 Å². The summed E-state index contributed by atoms with van der Waals surface area (Å²) < 4.78 is 15.9. The Hall–Kier alpha value is -2.50. The molecular weight excluding hydrogens is 274 g/mol. The van der Waals surface area contributed by atoms with Gasteiger partial charge in [-0.05, 0) is 37.5 Å². The van der Waals surface area contributed by atoms with Crippen molar-refractivity contribution >= 4 is 5.97 Å². The third kappa shape index (κ3) is 2.69. The van der Waals surface area contributed by atoms with E-state index in [1.54, 1.807) is 25.3 Å². The van der Waals surface area contributed by atoms with Crippen molar-refractivity contribution < 1.29 is 23.9 Å². The van der Waals surface area contributed by atoms with Crippen LogP contribution in [0.5, 0.6) is 11.5 Å². The predicted octanol–water partition coefficient (Wildman–Crippen LogP) is 2.98. The van der Waals surface area contributed by atoms with Gasteiger partial charge in [-0.2, -0.15) is 0 Å². The number of aromatic nitrogens is 1. The number of carboxylic acids is 1. The molecule has 1 aromatic heterocycles. The number of rotatable bonds is 5. The van der Waals surface area contributed by atoms with Crippen LogP contribution in [0.15, 0.2) is 28.8 Å². The molecule has 0 amide bonds. The molecule has 6 nitrogen and oxygen atoms in total. The van der Waals surface area contributed by atoms with Gasteiger partial charge in [-0.15, -0.1) is 0 Å². The van der Waals surface area contributed by atoms with Gasteiger partial charge in [-0.3, -0.25) is 0 Å². The Bertz CT molecular complexity index is 660. The minimum Gasteiger partial charge on any atom is -0.493 e. The van der Waals surface area contributed by atoms with Gasteiger partial charge in [0.1, 0.15) is 5.69 Å². The normalized spacial score (nSPS) is 14.5. The third-order valence-electron chi connectivity index (χ3n) is 3.53. The van der Waals surface area contributed by atoms with E-state index in [0.717, 1.165) is 18.4 Å². The molecule has 1 heterocycles. The van der Waals surface area contributed by atoms with Crippen LogP contribution in [0.2, 0.25) is 0 Å². The number of hydrogen-bond donors (Lipinski definition) is 1. The Kier molecular flexibility index (Phi) is 3.51. The second kappa shape index (κ2) is 5.47. The standard InChI is InChI=1S/C15H15NO5/c1-19-12-6-5-9(7-13(12)20-10-3-2-4-10)11-8-14(15(17)18)21-16-11/h5-8,10H,2-4H2,1H3,(H,17,18). The van der Waals surface area contributed by atoms with E-state index >= 15 is 0 Å². The first kappa shape index (κ1) is 13.5. The maximum atomic E-state index is 10.8.